The van der Waals surface area contributed by atoms with E-state index in [1.165, 1.54) is 27.7 Å². The van der Waals surface area contributed by atoms with Crippen molar-refractivity contribution in [1.82, 2.24) is 0 Å². The number of ketones is 4. The predicted molar refractivity (Wildman–Crippen MR) is 79.1 cm³/mol. The highest BCUT2D eigenvalue weighted by molar-refractivity contribution is 6.12. The summed E-state index contributed by atoms with van der Waals surface area (Å²) in [6.45, 7) is 8.66. The first-order chi connectivity index (χ1) is 9.60. The van der Waals surface area contributed by atoms with Gasteiger partial charge in [0.2, 0.25) is 0 Å². The van der Waals surface area contributed by atoms with Gasteiger partial charge in [-0.15, -0.1) is 0 Å². The summed E-state index contributed by atoms with van der Waals surface area (Å²) in [6.07, 6.45) is 1.36. The van der Waals surface area contributed by atoms with Crippen molar-refractivity contribution in [2.45, 2.75) is 78.4 Å². The molecular formula is C16H26O5. The lowest BCUT2D eigenvalue weighted by Crippen LogP contribution is -2.58. The Bertz CT molecular complexity index is 368. The van der Waals surface area contributed by atoms with Crippen molar-refractivity contribution in [2.75, 3.05) is 0 Å². The van der Waals surface area contributed by atoms with Gasteiger partial charge in [0.25, 0.3) is 0 Å². The van der Waals surface area contributed by atoms with Crippen LogP contribution in [0.25, 0.3) is 0 Å². The molecule has 5 heteroatoms. The monoisotopic (exact) mass is 298 g/mol. The summed E-state index contributed by atoms with van der Waals surface area (Å²) >= 11 is 0. The number of carbonyl (C=O) groups excluding carboxylic acids is 4. The number of hydrogen-bond donors (Lipinski definition) is 0. The van der Waals surface area contributed by atoms with E-state index in [1.807, 2.05) is 13.8 Å². The van der Waals surface area contributed by atoms with Crippen molar-refractivity contribution in [1.29, 1.82) is 0 Å². The standard InChI is InChI=1S/C16H26O5/c1-7-9-15(11(3)17,12(4)18)21-16(10-8-2,13(5)19)14(6)20/h7-10H2,1-6H3. The van der Waals surface area contributed by atoms with Crippen molar-refractivity contribution in [3.63, 3.8) is 0 Å². The summed E-state index contributed by atoms with van der Waals surface area (Å²) in [5.41, 5.74) is -3.44. The molecule has 0 fully saturated rings. The third kappa shape index (κ3) is 3.84. The lowest BCUT2D eigenvalue weighted by atomic mass is 9.84. The Labute approximate surface area is 126 Å². The molecule has 21 heavy (non-hydrogen) atoms. The van der Waals surface area contributed by atoms with Gasteiger partial charge in [0.15, 0.2) is 34.3 Å². The average molecular weight is 298 g/mol. The maximum absolute atomic E-state index is 12.1. The van der Waals surface area contributed by atoms with Gasteiger partial charge in [-0.25, -0.2) is 0 Å². The van der Waals surface area contributed by atoms with Gasteiger partial charge < -0.3 is 4.74 Å². The summed E-state index contributed by atoms with van der Waals surface area (Å²) < 4.78 is 5.75. The van der Waals surface area contributed by atoms with Gasteiger partial charge in [0.1, 0.15) is 0 Å². The fraction of sp³-hybridized carbons (Fsp3) is 0.750. The Morgan fingerprint density at radius 3 is 1.05 bits per heavy atom. The van der Waals surface area contributed by atoms with Crippen LogP contribution in [0, 0.1) is 0 Å². The number of hydrogen-bond acceptors (Lipinski definition) is 5. The molecule has 0 atom stereocenters. The van der Waals surface area contributed by atoms with Crippen molar-refractivity contribution in [3.8, 4) is 0 Å². The van der Waals surface area contributed by atoms with Crippen LogP contribution in [0.1, 0.15) is 67.2 Å². The SMILES string of the molecule is CCCC(OC(CCC)(C(C)=O)C(C)=O)(C(C)=O)C(C)=O. The van der Waals surface area contributed by atoms with Crippen molar-refractivity contribution >= 4 is 23.1 Å². The lowest BCUT2D eigenvalue weighted by molar-refractivity contribution is -0.188. The molecule has 0 aliphatic heterocycles. The molecule has 0 radical (unpaired) electrons. The molecule has 0 unspecified atom stereocenters. The summed E-state index contributed by atoms with van der Waals surface area (Å²) in [7, 11) is 0. The number of rotatable bonds is 10. The molecule has 0 aromatic rings. The molecule has 0 aliphatic rings. The molecule has 0 saturated carbocycles. The molecule has 0 amide bonds. The van der Waals surface area contributed by atoms with Gasteiger partial charge >= 0.3 is 0 Å². The van der Waals surface area contributed by atoms with Crippen LogP contribution in [0.15, 0.2) is 0 Å². The summed E-state index contributed by atoms with van der Waals surface area (Å²) in [6, 6.07) is 0. The summed E-state index contributed by atoms with van der Waals surface area (Å²) in [5, 5.41) is 0. The summed E-state index contributed by atoms with van der Waals surface area (Å²) in [5.74, 6) is -1.89. The Hall–Kier alpha value is -1.36. The highest BCUT2D eigenvalue weighted by Gasteiger charge is 2.52. The van der Waals surface area contributed by atoms with E-state index in [-0.39, 0.29) is 12.8 Å². The largest absolute Gasteiger partial charge is 0.337 e. The Kier molecular flexibility index (Phi) is 7.10. The zero-order chi connectivity index (χ0) is 16.8. The minimum Gasteiger partial charge on any atom is -0.337 e. The van der Waals surface area contributed by atoms with Crippen LogP contribution >= 0.6 is 0 Å². The number of ether oxygens (including phenoxy) is 1. The van der Waals surface area contributed by atoms with Gasteiger partial charge in [0.05, 0.1) is 0 Å². The van der Waals surface area contributed by atoms with Gasteiger partial charge in [-0.1, -0.05) is 26.7 Å². The van der Waals surface area contributed by atoms with Gasteiger partial charge in [-0.3, -0.25) is 19.2 Å². The second-order valence-corrected chi connectivity index (χ2v) is 5.48. The van der Waals surface area contributed by atoms with Crippen LogP contribution in [0.3, 0.4) is 0 Å². The fourth-order valence-corrected chi connectivity index (χ4v) is 2.59. The van der Waals surface area contributed by atoms with E-state index in [0.717, 1.165) is 0 Å². The lowest BCUT2D eigenvalue weighted by Gasteiger charge is -2.38. The first-order valence-electron chi connectivity index (χ1n) is 7.35. The average Bonchev–Trinajstić information content (AvgIpc) is 2.35. The van der Waals surface area contributed by atoms with E-state index >= 15 is 0 Å². The molecule has 0 heterocycles. The maximum Gasteiger partial charge on any atom is 0.185 e. The molecule has 5 nitrogen and oxygen atoms in total. The van der Waals surface area contributed by atoms with Crippen LogP contribution in [0.4, 0.5) is 0 Å². The Balaban J connectivity index is 6.04. The normalized spacial score (nSPS) is 12.1. The van der Waals surface area contributed by atoms with E-state index in [9.17, 15) is 19.2 Å². The minimum absolute atomic E-state index is 0.156. The minimum atomic E-state index is -1.72. The van der Waals surface area contributed by atoms with E-state index < -0.39 is 34.3 Å². The second kappa shape index (κ2) is 7.59. The van der Waals surface area contributed by atoms with Crippen molar-refractivity contribution < 1.29 is 23.9 Å². The molecular weight excluding hydrogens is 272 g/mol. The first kappa shape index (κ1) is 19.6. The zero-order valence-corrected chi connectivity index (χ0v) is 13.9. The van der Waals surface area contributed by atoms with Gasteiger partial charge in [0, 0.05) is 0 Å². The molecule has 0 bridgehead atoms. The predicted octanol–water partition coefficient (Wildman–Crippen LogP) is 2.44. The maximum atomic E-state index is 12.1. The Morgan fingerprint density at radius 2 is 0.905 bits per heavy atom. The van der Waals surface area contributed by atoms with Crippen molar-refractivity contribution in [2.24, 2.45) is 0 Å². The molecule has 0 spiro atoms. The number of carbonyl (C=O) groups is 4. The van der Waals surface area contributed by atoms with Gasteiger partial charge in [-0.2, -0.15) is 0 Å². The third-order valence-corrected chi connectivity index (χ3v) is 3.83. The van der Waals surface area contributed by atoms with E-state index in [4.69, 9.17) is 4.74 Å². The molecule has 0 aliphatic carbocycles. The van der Waals surface area contributed by atoms with Crippen LogP contribution in [0.2, 0.25) is 0 Å². The quantitative estimate of drug-likeness (QED) is 0.579. The molecule has 0 aromatic carbocycles. The first-order valence-corrected chi connectivity index (χ1v) is 7.35. The zero-order valence-electron chi connectivity index (χ0n) is 13.9. The highest BCUT2D eigenvalue weighted by Crippen LogP contribution is 2.32. The molecule has 0 N–H and O–H groups in total. The second-order valence-electron chi connectivity index (χ2n) is 5.48. The van der Waals surface area contributed by atoms with Crippen LogP contribution in [-0.2, 0) is 23.9 Å². The van der Waals surface area contributed by atoms with Crippen LogP contribution in [-0.4, -0.2) is 34.3 Å². The van der Waals surface area contributed by atoms with Crippen LogP contribution < -0.4 is 0 Å². The number of Topliss-reactive ketones (excluding diaryl/α,β-unsaturated/α-hetero) is 4. The fourth-order valence-electron chi connectivity index (χ4n) is 2.59. The van der Waals surface area contributed by atoms with Gasteiger partial charge in [-0.05, 0) is 40.5 Å². The highest BCUT2D eigenvalue weighted by atomic mass is 16.5. The topological polar surface area (TPSA) is 77.5 Å². The smallest absolute Gasteiger partial charge is 0.185 e. The molecule has 120 valence electrons. The third-order valence-electron chi connectivity index (χ3n) is 3.83. The van der Waals surface area contributed by atoms with E-state index in [1.54, 1.807) is 0 Å². The molecule has 0 aromatic heterocycles. The summed E-state index contributed by atoms with van der Waals surface area (Å²) in [4.78, 5) is 48.2. The van der Waals surface area contributed by atoms with Crippen molar-refractivity contribution in [3.05, 3.63) is 0 Å². The van der Waals surface area contributed by atoms with E-state index in [2.05, 4.69) is 0 Å². The van der Waals surface area contributed by atoms with E-state index in [0.29, 0.717) is 12.8 Å². The molecule has 0 saturated heterocycles. The van der Waals surface area contributed by atoms with Crippen LogP contribution in [0.5, 0.6) is 0 Å². The molecule has 0 rings (SSSR count). The Morgan fingerprint density at radius 1 is 0.667 bits per heavy atom.